The van der Waals surface area contributed by atoms with Crippen LogP contribution in [0.15, 0.2) is 48.5 Å². The molecule has 1 aliphatic rings. The second-order valence-electron chi connectivity index (χ2n) is 5.61. The van der Waals surface area contributed by atoms with Crippen LogP contribution in [0.25, 0.3) is 0 Å². The van der Waals surface area contributed by atoms with Crippen LogP contribution in [-0.4, -0.2) is 12.6 Å². The molecule has 1 atom stereocenters. The van der Waals surface area contributed by atoms with Gasteiger partial charge in [0.1, 0.15) is 0 Å². The molecule has 1 unspecified atom stereocenters. The monoisotopic (exact) mass is 266 g/mol. The van der Waals surface area contributed by atoms with Crippen molar-refractivity contribution in [2.24, 2.45) is 5.73 Å². The van der Waals surface area contributed by atoms with E-state index in [-0.39, 0.29) is 0 Å². The lowest BCUT2D eigenvalue weighted by Gasteiger charge is -2.25. The minimum Gasteiger partial charge on any atom is -0.338 e. The van der Waals surface area contributed by atoms with Gasteiger partial charge in [-0.1, -0.05) is 30.3 Å². The first kappa shape index (κ1) is 13.2. The van der Waals surface area contributed by atoms with E-state index in [1.807, 2.05) is 0 Å². The molecule has 0 spiro atoms. The number of aryl methyl sites for hydroxylation is 1. The van der Waals surface area contributed by atoms with Crippen LogP contribution in [0.1, 0.15) is 24.5 Å². The molecule has 1 aliphatic heterocycles. The third kappa shape index (κ3) is 2.44. The molecule has 2 aromatic carbocycles. The van der Waals surface area contributed by atoms with Gasteiger partial charge in [0.05, 0.1) is 0 Å². The van der Waals surface area contributed by atoms with E-state index in [0.29, 0.717) is 6.04 Å². The van der Waals surface area contributed by atoms with E-state index in [2.05, 4.69) is 60.4 Å². The standard InChI is InChI=1S/C18H22N2/c1-14-13-16-6-2-3-7-18(16)20(14)17-10-8-15(9-11-17)5-4-12-19/h2-3,6-11,14H,4-5,12-13,19H2,1H3. The fraction of sp³-hybridized carbons (Fsp3) is 0.333. The average molecular weight is 266 g/mol. The van der Waals surface area contributed by atoms with Gasteiger partial charge in [-0.3, -0.25) is 0 Å². The first-order chi connectivity index (χ1) is 9.79. The lowest BCUT2D eigenvalue weighted by Crippen LogP contribution is -2.23. The second-order valence-corrected chi connectivity index (χ2v) is 5.61. The molecule has 2 nitrogen and oxygen atoms in total. The highest BCUT2D eigenvalue weighted by molar-refractivity contribution is 5.71. The third-order valence-corrected chi connectivity index (χ3v) is 4.09. The molecule has 0 amide bonds. The Morgan fingerprint density at radius 2 is 1.85 bits per heavy atom. The molecule has 0 aliphatic carbocycles. The lowest BCUT2D eigenvalue weighted by atomic mass is 10.1. The fourth-order valence-corrected chi connectivity index (χ4v) is 3.09. The molecule has 0 radical (unpaired) electrons. The van der Waals surface area contributed by atoms with Crippen LogP contribution >= 0.6 is 0 Å². The van der Waals surface area contributed by atoms with Gasteiger partial charge in [0.25, 0.3) is 0 Å². The maximum Gasteiger partial charge on any atom is 0.0446 e. The minimum absolute atomic E-state index is 0.530. The predicted octanol–water partition coefficient (Wildman–Crippen LogP) is 3.66. The molecule has 0 saturated carbocycles. The molecule has 1 heterocycles. The Kier molecular flexibility index (Phi) is 3.75. The summed E-state index contributed by atoms with van der Waals surface area (Å²) in [5, 5.41) is 0. The van der Waals surface area contributed by atoms with Crippen LogP contribution in [0.2, 0.25) is 0 Å². The van der Waals surface area contributed by atoms with Crippen molar-refractivity contribution in [3.63, 3.8) is 0 Å². The zero-order valence-electron chi connectivity index (χ0n) is 12.0. The van der Waals surface area contributed by atoms with Gasteiger partial charge in [-0.25, -0.2) is 0 Å². The molecule has 2 heteroatoms. The lowest BCUT2D eigenvalue weighted by molar-refractivity contribution is 0.758. The Morgan fingerprint density at radius 3 is 2.60 bits per heavy atom. The molecular formula is C18H22N2. The maximum absolute atomic E-state index is 5.57. The molecular weight excluding hydrogens is 244 g/mol. The number of fused-ring (bicyclic) bond motifs is 1. The predicted molar refractivity (Wildman–Crippen MR) is 85.6 cm³/mol. The SMILES string of the molecule is CC1Cc2ccccc2N1c1ccc(CCCN)cc1. The van der Waals surface area contributed by atoms with E-state index in [4.69, 9.17) is 5.73 Å². The fourth-order valence-electron chi connectivity index (χ4n) is 3.09. The van der Waals surface area contributed by atoms with E-state index in [9.17, 15) is 0 Å². The van der Waals surface area contributed by atoms with E-state index >= 15 is 0 Å². The van der Waals surface area contributed by atoms with Crippen molar-refractivity contribution in [3.05, 3.63) is 59.7 Å². The number of nitrogens with two attached hydrogens (primary N) is 1. The number of anilines is 2. The van der Waals surface area contributed by atoms with Crippen molar-refractivity contribution in [2.75, 3.05) is 11.4 Å². The number of nitrogens with zero attached hydrogens (tertiary/aromatic N) is 1. The molecule has 2 aromatic rings. The van der Waals surface area contributed by atoms with Crippen molar-refractivity contribution in [2.45, 2.75) is 32.2 Å². The Labute approximate surface area is 121 Å². The molecule has 0 fully saturated rings. The normalized spacial score (nSPS) is 17.3. The van der Waals surface area contributed by atoms with Gasteiger partial charge < -0.3 is 10.6 Å². The maximum atomic E-state index is 5.57. The highest BCUT2D eigenvalue weighted by Crippen LogP contribution is 2.37. The van der Waals surface area contributed by atoms with Gasteiger partial charge in [-0.2, -0.15) is 0 Å². The van der Waals surface area contributed by atoms with Crippen LogP contribution in [0.3, 0.4) is 0 Å². The Hall–Kier alpha value is -1.80. The van der Waals surface area contributed by atoms with Crippen LogP contribution in [0, 0.1) is 0 Å². The summed E-state index contributed by atoms with van der Waals surface area (Å²) >= 11 is 0. The molecule has 20 heavy (non-hydrogen) atoms. The first-order valence-electron chi connectivity index (χ1n) is 7.46. The highest BCUT2D eigenvalue weighted by Gasteiger charge is 2.26. The smallest absolute Gasteiger partial charge is 0.0446 e. The number of rotatable bonds is 4. The summed E-state index contributed by atoms with van der Waals surface area (Å²) in [4.78, 5) is 2.45. The summed E-state index contributed by atoms with van der Waals surface area (Å²) < 4.78 is 0. The second kappa shape index (κ2) is 5.68. The summed E-state index contributed by atoms with van der Waals surface area (Å²) in [5.74, 6) is 0. The van der Waals surface area contributed by atoms with Crippen molar-refractivity contribution < 1.29 is 0 Å². The topological polar surface area (TPSA) is 29.3 Å². The third-order valence-electron chi connectivity index (χ3n) is 4.09. The summed E-state index contributed by atoms with van der Waals surface area (Å²) in [7, 11) is 0. The Morgan fingerprint density at radius 1 is 1.10 bits per heavy atom. The van der Waals surface area contributed by atoms with E-state index in [0.717, 1.165) is 25.8 Å². The van der Waals surface area contributed by atoms with Gasteiger partial charge in [0.2, 0.25) is 0 Å². The van der Waals surface area contributed by atoms with Gasteiger partial charge in [0, 0.05) is 17.4 Å². The van der Waals surface area contributed by atoms with Gasteiger partial charge in [-0.15, -0.1) is 0 Å². The molecule has 104 valence electrons. The van der Waals surface area contributed by atoms with Crippen LogP contribution < -0.4 is 10.6 Å². The molecule has 0 aromatic heterocycles. The van der Waals surface area contributed by atoms with E-state index < -0.39 is 0 Å². The summed E-state index contributed by atoms with van der Waals surface area (Å²) in [5.41, 5.74) is 11.0. The number of benzene rings is 2. The molecule has 2 N–H and O–H groups in total. The summed E-state index contributed by atoms with van der Waals surface area (Å²) in [6, 6.07) is 18.2. The molecule has 0 bridgehead atoms. The zero-order valence-corrected chi connectivity index (χ0v) is 12.0. The highest BCUT2D eigenvalue weighted by atomic mass is 15.2. The van der Waals surface area contributed by atoms with Gasteiger partial charge >= 0.3 is 0 Å². The number of hydrogen-bond donors (Lipinski definition) is 1. The Balaban J connectivity index is 1.86. The van der Waals surface area contributed by atoms with Crippen molar-refractivity contribution in [1.82, 2.24) is 0 Å². The first-order valence-corrected chi connectivity index (χ1v) is 7.46. The van der Waals surface area contributed by atoms with Gasteiger partial charge in [-0.05, 0) is 62.1 Å². The minimum atomic E-state index is 0.530. The molecule has 3 rings (SSSR count). The number of hydrogen-bond acceptors (Lipinski definition) is 2. The van der Waals surface area contributed by atoms with E-state index in [1.54, 1.807) is 0 Å². The van der Waals surface area contributed by atoms with Crippen molar-refractivity contribution in [1.29, 1.82) is 0 Å². The summed E-state index contributed by atoms with van der Waals surface area (Å²) in [6.45, 7) is 3.06. The number of para-hydroxylation sites is 1. The Bertz CT molecular complexity index is 574. The van der Waals surface area contributed by atoms with Crippen molar-refractivity contribution in [3.8, 4) is 0 Å². The largest absolute Gasteiger partial charge is 0.338 e. The quantitative estimate of drug-likeness (QED) is 0.915. The van der Waals surface area contributed by atoms with E-state index in [1.165, 1.54) is 22.5 Å². The van der Waals surface area contributed by atoms with Gasteiger partial charge in [0.15, 0.2) is 0 Å². The molecule has 0 saturated heterocycles. The van der Waals surface area contributed by atoms with Crippen LogP contribution in [0.5, 0.6) is 0 Å². The van der Waals surface area contributed by atoms with Crippen LogP contribution in [0.4, 0.5) is 11.4 Å². The average Bonchev–Trinajstić information content (AvgIpc) is 2.81. The zero-order chi connectivity index (χ0) is 13.9. The summed E-state index contributed by atoms with van der Waals surface area (Å²) in [6.07, 6.45) is 3.26. The van der Waals surface area contributed by atoms with Crippen molar-refractivity contribution >= 4 is 11.4 Å². The van der Waals surface area contributed by atoms with Crippen LogP contribution in [-0.2, 0) is 12.8 Å².